The summed E-state index contributed by atoms with van der Waals surface area (Å²) in [6.45, 7) is 3.45. The second kappa shape index (κ2) is 6.52. The van der Waals surface area contributed by atoms with E-state index in [1.807, 2.05) is 24.3 Å². The highest BCUT2D eigenvalue weighted by Crippen LogP contribution is 2.40. The maximum absolute atomic E-state index is 11.6. The predicted octanol–water partition coefficient (Wildman–Crippen LogP) is 3.07. The minimum absolute atomic E-state index is 0.327. The van der Waals surface area contributed by atoms with Crippen molar-refractivity contribution < 1.29 is 14.3 Å². The van der Waals surface area contributed by atoms with Crippen LogP contribution in [0.2, 0.25) is 0 Å². The number of H-pyrrole nitrogens is 1. The van der Waals surface area contributed by atoms with E-state index in [0.717, 1.165) is 16.5 Å². The summed E-state index contributed by atoms with van der Waals surface area (Å²) in [4.78, 5) is 26.3. The number of carbonyl (C=O) groups excluding carboxylic acids is 2. The second-order valence-electron chi connectivity index (χ2n) is 5.37. The molecule has 0 aliphatic rings. The van der Waals surface area contributed by atoms with Gasteiger partial charge in [0.1, 0.15) is 5.75 Å². The molecule has 0 aliphatic heterocycles. The number of amides is 2. The number of primary amides is 1. The van der Waals surface area contributed by atoms with E-state index >= 15 is 0 Å². The van der Waals surface area contributed by atoms with Gasteiger partial charge in [0, 0.05) is 17.1 Å². The molecule has 126 valence electrons. The summed E-state index contributed by atoms with van der Waals surface area (Å²) < 4.78 is 5.53. The van der Waals surface area contributed by atoms with Crippen molar-refractivity contribution in [2.75, 3.05) is 12.4 Å². The van der Waals surface area contributed by atoms with Crippen LogP contribution in [0.25, 0.3) is 22.0 Å². The Morgan fingerprint density at radius 3 is 2.68 bits per heavy atom. The number of hydrogen-bond acceptors (Lipinski definition) is 3. The van der Waals surface area contributed by atoms with Gasteiger partial charge in [0.25, 0.3) is 5.91 Å². The van der Waals surface area contributed by atoms with Crippen LogP contribution in [0.5, 0.6) is 5.75 Å². The van der Waals surface area contributed by atoms with Crippen molar-refractivity contribution in [2.45, 2.75) is 0 Å². The summed E-state index contributed by atoms with van der Waals surface area (Å²) in [5.74, 6) is -0.309. The Morgan fingerprint density at radius 2 is 2.00 bits per heavy atom. The molecule has 6 nitrogen and oxygen atoms in total. The zero-order valence-electron chi connectivity index (χ0n) is 13.6. The number of aromatic nitrogens is 1. The third-order valence-electron chi connectivity index (χ3n) is 3.94. The Balaban J connectivity index is 2.22. The Labute approximate surface area is 144 Å². The van der Waals surface area contributed by atoms with Gasteiger partial charge in [-0.3, -0.25) is 9.59 Å². The summed E-state index contributed by atoms with van der Waals surface area (Å²) >= 11 is 0. The smallest absolute Gasteiger partial charge is 0.250 e. The summed E-state index contributed by atoms with van der Waals surface area (Å²) in [6.07, 6.45) is 2.94. The van der Waals surface area contributed by atoms with Crippen molar-refractivity contribution in [1.82, 2.24) is 4.98 Å². The van der Waals surface area contributed by atoms with Crippen LogP contribution < -0.4 is 15.8 Å². The van der Waals surface area contributed by atoms with E-state index in [9.17, 15) is 9.59 Å². The molecule has 2 aromatic carbocycles. The average molecular weight is 335 g/mol. The topological polar surface area (TPSA) is 97.2 Å². The van der Waals surface area contributed by atoms with Crippen LogP contribution >= 0.6 is 0 Å². The van der Waals surface area contributed by atoms with Crippen molar-refractivity contribution >= 4 is 28.4 Å². The number of rotatable bonds is 5. The molecule has 0 bridgehead atoms. The molecule has 3 aromatic rings. The zero-order valence-corrected chi connectivity index (χ0v) is 13.6. The molecule has 0 saturated carbocycles. The maximum Gasteiger partial charge on any atom is 0.250 e. The summed E-state index contributed by atoms with van der Waals surface area (Å²) in [7, 11) is 1.54. The first kappa shape index (κ1) is 16.3. The van der Waals surface area contributed by atoms with Gasteiger partial charge < -0.3 is 20.8 Å². The van der Waals surface area contributed by atoms with Crippen molar-refractivity contribution in [3.8, 4) is 16.9 Å². The van der Waals surface area contributed by atoms with Gasteiger partial charge >= 0.3 is 0 Å². The standard InChI is InChI=1S/C19H17N3O3/c1-3-16(23)22-15-6-4-5-13(18(15)25-2)11-7-8-14(19(20)24)17-12(11)9-10-21-17/h3-10,21H,1H2,2H3,(H2,20,24)(H,22,23). The average Bonchev–Trinajstić information content (AvgIpc) is 3.10. The summed E-state index contributed by atoms with van der Waals surface area (Å²) in [6, 6.07) is 10.8. The fraction of sp³-hybridized carbons (Fsp3) is 0.0526. The molecule has 25 heavy (non-hydrogen) atoms. The number of ether oxygens (including phenoxy) is 1. The van der Waals surface area contributed by atoms with E-state index in [0.29, 0.717) is 22.5 Å². The third-order valence-corrected chi connectivity index (χ3v) is 3.94. The molecule has 0 radical (unpaired) electrons. The molecule has 3 rings (SSSR count). The number of fused-ring (bicyclic) bond motifs is 1. The van der Waals surface area contributed by atoms with Gasteiger partial charge in [-0.05, 0) is 29.8 Å². The first-order valence-corrected chi connectivity index (χ1v) is 7.57. The lowest BCUT2D eigenvalue weighted by molar-refractivity contribution is -0.111. The Morgan fingerprint density at radius 1 is 1.20 bits per heavy atom. The Kier molecular flexibility index (Phi) is 4.26. The quantitative estimate of drug-likeness (QED) is 0.625. The normalized spacial score (nSPS) is 10.4. The second-order valence-corrected chi connectivity index (χ2v) is 5.37. The Bertz CT molecular complexity index is 989. The molecule has 0 unspecified atom stereocenters. The van der Waals surface area contributed by atoms with Gasteiger partial charge in [-0.15, -0.1) is 0 Å². The molecular weight excluding hydrogens is 318 g/mol. The van der Waals surface area contributed by atoms with Crippen molar-refractivity contribution in [1.29, 1.82) is 0 Å². The molecule has 0 saturated heterocycles. The van der Waals surface area contributed by atoms with Crippen LogP contribution in [0.3, 0.4) is 0 Å². The van der Waals surface area contributed by atoms with Gasteiger partial charge in [0.15, 0.2) is 0 Å². The highest BCUT2D eigenvalue weighted by atomic mass is 16.5. The number of methoxy groups -OCH3 is 1. The summed E-state index contributed by atoms with van der Waals surface area (Å²) in [5.41, 5.74) is 8.68. The fourth-order valence-electron chi connectivity index (χ4n) is 2.85. The first-order valence-electron chi connectivity index (χ1n) is 7.57. The number of anilines is 1. The van der Waals surface area contributed by atoms with E-state index in [4.69, 9.17) is 10.5 Å². The molecule has 1 aromatic heterocycles. The van der Waals surface area contributed by atoms with Crippen LogP contribution in [-0.2, 0) is 4.79 Å². The van der Waals surface area contributed by atoms with Crippen molar-refractivity contribution in [2.24, 2.45) is 5.73 Å². The highest BCUT2D eigenvalue weighted by molar-refractivity contribution is 6.10. The summed E-state index contributed by atoms with van der Waals surface area (Å²) in [5, 5.41) is 3.56. The molecule has 2 amide bonds. The van der Waals surface area contributed by atoms with Crippen molar-refractivity contribution in [3.05, 3.63) is 60.8 Å². The van der Waals surface area contributed by atoms with Crippen LogP contribution in [0.15, 0.2) is 55.3 Å². The lowest BCUT2D eigenvalue weighted by atomic mass is 9.97. The molecule has 6 heteroatoms. The minimum atomic E-state index is -0.502. The third kappa shape index (κ3) is 2.85. The molecular formula is C19H17N3O3. The maximum atomic E-state index is 11.6. The van der Waals surface area contributed by atoms with Gasteiger partial charge in [-0.1, -0.05) is 24.8 Å². The van der Waals surface area contributed by atoms with E-state index in [2.05, 4.69) is 16.9 Å². The molecule has 0 fully saturated rings. The van der Waals surface area contributed by atoms with Gasteiger partial charge in [-0.2, -0.15) is 0 Å². The number of aromatic amines is 1. The van der Waals surface area contributed by atoms with Crippen LogP contribution in [-0.4, -0.2) is 23.9 Å². The largest absolute Gasteiger partial charge is 0.494 e. The zero-order chi connectivity index (χ0) is 18.0. The van der Waals surface area contributed by atoms with E-state index in [-0.39, 0.29) is 5.91 Å². The Hall–Kier alpha value is -3.54. The lowest BCUT2D eigenvalue weighted by Gasteiger charge is -2.15. The number of carbonyl (C=O) groups is 2. The number of para-hydroxylation sites is 1. The van der Waals surface area contributed by atoms with Gasteiger partial charge in [0.2, 0.25) is 5.91 Å². The van der Waals surface area contributed by atoms with Crippen LogP contribution in [0, 0.1) is 0 Å². The SMILES string of the molecule is C=CC(=O)Nc1cccc(-c2ccc(C(N)=O)c3[nH]ccc23)c1OC. The minimum Gasteiger partial charge on any atom is -0.494 e. The molecule has 0 spiro atoms. The van der Waals surface area contributed by atoms with Gasteiger partial charge in [-0.25, -0.2) is 0 Å². The molecule has 0 atom stereocenters. The first-order chi connectivity index (χ1) is 12.1. The fourth-order valence-corrected chi connectivity index (χ4v) is 2.85. The number of nitrogens with two attached hydrogens (primary N) is 1. The van der Waals surface area contributed by atoms with E-state index < -0.39 is 5.91 Å². The van der Waals surface area contributed by atoms with Gasteiger partial charge in [0.05, 0.1) is 23.9 Å². The monoisotopic (exact) mass is 335 g/mol. The lowest BCUT2D eigenvalue weighted by Crippen LogP contribution is -2.11. The molecule has 0 aliphatic carbocycles. The van der Waals surface area contributed by atoms with Crippen molar-refractivity contribution in [3.63, 3.8) is 0 Å². The number of benzene rings is 2. The molecule has 1 heterocycles. The number of hydrogen-bond donors (Lipinski definition) is 3. The molecule has 4 N–H and O–H groups in total. The van der Waals surface area contributed by atoms with E-state index in [1.165, 1.54) is 13.2 Å². The predicted molar refractivity (Wildman–Crippen MR) is 97.6 cm³/mol. The van der Waals surface area contributed by atoms with Crippen LogP contribution in [0.4, 0.5) is 5.69 Å². The van der Waals surface area contributed by atoms with Crippen LogP contribution in [0.1, 0.15) is 10.4 Å². The van der Waals surface area contributed by atoms with E-state index in [1.54, 1.807) is 18.3 Å². The highest BCUT2D eigenvalue weighted by Gasteiger charge is 2.17. The number of nitrogens with one attached hydrogen (secondary N) is 2.